The lowest BCUT2D eigenvalue weighted by Crippen LogP contribution is -2.24. The molecule has 0 amide bonds. The predicted molar refractivity (Wildman–Crippen MR) is 40.2 cm³/mol. The minimum Gasteiger partial charge on any atom is -0.211 e. The number of hydrogen-bond acceptors (Lipinski definition) is 2. The summed E-state index contributed by atoms with van der Waals surface area (Å²) in [6, 6.07) is 0. The molecule has 0 heterocycles. The quantitative estimate of drug-likeness (QED) is 0.721. The SMILES string of the molecule is C=CS(=O)(=O)NCC1CC1(F)F. The van der Waals surface area contributed by atoms with E-state index < -0.39 is 21.9 Å². The fraction of sp³-hybridized carbons (Fsp3) is 0.667. The number of hydrogen-bond donors (Lipinski definition) is 1. The largest absolute Gasteiger partial charge is 0.252 e. The first-order valence-corrected chi connectivity index (χ1v) is 4.92. The van der Waals surface area contributed by atoms with Crippen molar-refractivity contribution in [3.63, 3.8) is 0 Å². The van der Waals surface area contributed by atoms with Gasteiger partial charge in [-0.3, -0.25) is 0 Å². The lowest BCUT2D eigenvalue weighted by Gasteiger charge is -1.99. The average Bonchev–Trinajstić information content (AvgIpc) is 2.56. The fourth-order valence-corrected chi connectivity index (χ4v) is 1.32. The normalized spacial score (nSPS) is 26.7. The molecule has 70 valence electrons. The molecule has 3 nitrogen and oxygen atoms in total. The molecule has 0 bridgehead atoms. The van der Waals surface area contributed by atoms with E-state index in [4.69, 9.17) is 0 Å². The van der Waals surface area contributed by atoms with E-state index in [2.05, 4.69) is 6.58 Å². The number of sulfonamides is 1. The summed E-state index contributed by atoms with van der Waals surface area (Å²) in [5, 5.41) is 0.702. The average molecular weight is 197 g/mol. The lowest BCUT2D eigenvalue weighted by atomic mass is 10.4. The number of halogens is 2. The van der Waals surface area contributed by atoms with Crippen molar-refractivity contribution in [2.75, 3.05) is 6.54 Å². The Morgan fingerprint density at radius 3 is 2.50 bits per heavy atom. The summed E-state index contributed by atoms with van der Waals surface area (Å²) < 4.78 is 47.8. The van der Waals surface area contributed by atoms with E-state index in [0.29, 0.717) is 5.41 Å². The molecule has 1 rings (SSSR count). The van der Waals surface area contributed by atoms with Crippen molar-refractivity contribution in [2.24, 2.45) is 5.92 Å². The van der Waals surface area contributed by atoms with Gasteiger partial charge in [0.1, 0.15) is 0 Å². The van der Waals surface area contributed by atoms with Crippen LogP contribution in [0.25, 0.3) is 0 Å². The number of nitrogens with one attached hydrogen (secondary N) is 1. The molecule has 0 aromatic rings. The first-order chi connectivity index (χ1) is 5.37. The van der Waals surface area contributed by atoms with Crippen molar-refractivity contribution in [1.29, 1.82) is 0 Å². The van der Waals surface area contributed by atoms with Crippen molar-refractivity contribution >= 4 is 10.0 Å². The zero-order chi connectivity index (χ0) is 9.41. The van der Waals surface area contributed by atoms with E-state index in [0.717, 1.165) is 0 Å². The summed E-state index contributed by atoms with van der Waals surface area (Å²) in [6.45, 7) is 2.82. The third kappa shape index (κ3) is 2.25. The van der Waals surface area contributed by atoms with Crippen LogP contribution in [0, 0.1) is 5.92 Å². The highest BCUT2D eigenvalue weighted by Gasteiger charge is 2.56. The highest BCUT2D eigenvalue weighted by atomic mass is 32.2. The molecule has 1 unspecified atom stereocenters. The Labute approximate surface area is 69.5 Å². The van der Waals surface area contributed by atoms with Crippen LogP contribution in [0.3, 0.4) is 0 Å². The maximum atomic E-state index is 12.2. The van der Waals surface area contributed by atoms with Gasteiger partial charge in [-0.1, -0.05) is 6.58 Å². The van der Waals surface area contributed by atoms with Crippen LogP contribution in [0.5, 0.6) is 0 Å². The Hall–Kier alpha value is -0.490. The smallest absolute Gasteiger partial charge is 0.211 e. The zero-order valence-electron chi connectivity index (χ0n) is 6.26. The molecule has 1 aliphatic carbocycles. The highest BCUT2D eigenvalue weighted by Crippen LogP contribution is 2.47. The van der Waals surface area contributed by atoms with E-state index in [9.17, 15) is 17.2 Å². The van der Waals surface area contributed by atoms with Gasteiger partial charge in [-0.15, -0.1) is 0 Å². The van der Waals surface area contributed by atoms with Crippen molar-refractivity contribution in [3.05, 3.63) is 12.0 Å². The van der Waals surface area contributed by atoms with Crippen LogP contribution in [0.1, 0.15) is 6.42 Å². The minimum absolute atomic E-state index is 0.207. The van der Waals surface area contributed by atoms with Crippen LogP contribution in [0.4, 0.5) is 8.78 Å². The third-order valence-corrected chi connectivity index (χ3v) is 2.71. The van der Waals surface area contributed by atoms with Gasteiger partial charge in [-0.25, -0.2) is 21.9 Å². The molecule has 1 atom stereocenters. The van der Waals surface area contributed by atoms with Gasteiger partial charge >= 0.3 is 0 Å². The third-order valence-electron chi connectivity index (χ3n) is 1.71. The summed E-state index contributed by atoms with van der Waals surface area (Å²) in [7, 11) is -3.54. The van der Waals surface area contributed by atoms with Gasteiger partial charge in [0.2, 0.25) is 10.0 Å². The van der Waals surface area contributed by atoms with Gasteiger partial charge in [-0.2, -0.15) is 0 Å². The van der Waals surface area contributed by atoms with Gasteiger partial charge in [0, 0.05) is 24.3 Å². The first-order valence-electron chi connectivity index (χ1n) is 3.37. The van der Waals surface area contributed by atoms with Crippen LogP contribution in [0.2, 0.25) is 0 Å². The van der Waals surface area contributed by atoms with Crippen LogP contribution < -0.4 is 4.72 Å². The second-order valence-corrected chi connectivity index (χ2v) is 4.43. The number of alkyl halides is 2. The molecule has 0 aromatic heterocycles. The second kappa shape index (κ2) is 2.77. The fourth-order valence-electron chi connectivity index (χ4n) is 0.767. The van der Waals surface area contributed by atoms with Crippen LogP contribution in [0.15, 0.2) is 12.0 Å². The molecule has 1 aliphatic rings. The second-order valence-electron chi connectivity index (χ2n) is 2.72. The van der Waals surface area contributed by atoms with Crippen molar-refractivity contribution in [2.45, 2.75) is 12.3 Å². The lowest BCUT2D eigenvalue weighted by molar-refractivity contribution is 0.0998. The first kappa shape index (κ1) is 9.60. The molecule has 0 aromatic carbocycles. The summed E-state index contributed by atoms with van der Waals surface area (Å²) in [4.78, 5) is 0. The Morgan fingerprint density at radius 1 is 1.67 bits per heavy atom. The summed E-state index contributed by atoms with van der Waals surface area (Å²) >= 11 is 0. The van der Waals surface area contributed by atoms with Crippen molar-refractivity contribution < 1.29 is 17.2 Å². The molecular formula is C6H9F2NO2S. The summed E-state index contributed by atoms with van der Waals surface area (Å²) in [6.07, 6.45) is -0.230. The molecule has 1 N–H and O–H groups in total. The molecule has 12 heavy (non-hydrogen) atoms. The molecule has 0 aliphatic heterocycles. The van der Waals surface area contributed by atoms with Crippen LogP contribution in [-0.2, 0) is 10.0 Å². The molecule has 1 saturated carbocycles. The van der Waals surface area contributed by atoms with Gasteiger partial charge in [0.05, 0.1) is 0 Å². The van der Waals surface area contributed by atoms with Crippen molar-refractivity contribution in [3.8, 4) is 0 Å². The molecule has 0 spiro atoms. The summed E-state index contributed by atoms with van der Waals surface area (Å²) in [5.74, 6) is -3.52. The highest BCUT2D eigenvalue weighted by molar-refractivity contribution is 7.92. The molecule has 0 saturated heterocycles. The van der Waals surface area contributed by atoms with Crippen LogP contribution in [-0.4, -0.2) is 20.9 Å². The monoisotopic (exact) mass is 197 g/mol. The predicted octanol–water partition coefficient (Wildman–Crippen LogP) is 0.704. The molecule has 1 fully saturated rings. The topological polar surface area (TPSA) is 46.2 Å². The zero-order valence-corrected chi connectivity index (χ0v) is 7.07. The minimum atomic E-state index is -3.54. The Bertz CT molecular complexity index is 286. The molecule has 6 heteroatoms. The Kier molecular flexibility index (Phi) is 2.22. The van der Waals surface area contributed by atoms with Gasteiger partial charge in [0.25, 0.3) is 5.92 Å². The number of rotatable bonds is 4. The van der Waals surface area contributed by atoms with E-state index in [1.54, 1.807) is 0 Å². The van der Waals surface area contributed by atoms with Gasteiger partial charge < -0.3 is 0 Å². The molecular weight excluding hydrogens is 188 g/mol. The Morgan fingerprint density at radius 2 is 2.17 bits per heavy atom. The van der Waals surface area contributed by atoms with E-state index >= 15 is 0 Å². The van der Waals surface area contributed by atoms with E-state index in [1.807, 2.05) is 4.72 Å². The maximum absolute atomic E-state index is 12.2. The van der Waals surface area contributed by atoms with E-state index in [-0.39, 0.29) is 13.0 Å². The van der Waals surface area contributed by atoms with E-state index in [1.165, 1.54) is 0 Å². The standard InChI is InChI=1S/C6H9F2NO2S/c1-2-12(10,11)9-4-5-3-6(5,7)8/h2,5,9H,1,3-4H2. The van der Waals surface area contributed by atoms with Crippen LogP contribution >= 0.6 is 0 Å². The summed E-state index contributed by atoms with van der Waals surface area (Å²) in [5.41, 5.74) is 0. The Balaban J connectivity index is 2.34. The van der Waals surface area contributed by atoms with Gasteiger partial charge in [0.15, 0.2) is 0 Å². The molecule has 0 radical (unpaired) electrons. The van der Waals surface area contributed by atoms with Gasteiger partial charge in [-0.05, 0) is 0 Å². The van der Waals surface area contributed by atoms with Crippen molar-refractivity contribution in [1.82, 2.24) is 4.72 Å². The maximum Gasteiger partial charge on any atom is 0.252 e.